The number of carbonyl (C=O) groups excluding carboxylic acids is 2. The van der Waals surface area contributed by atoms with Crippen LogP contribution in [0.5, 0.6) is 0 Å². The standard InChI is InChI=1S/C51H80O22/c1-22-36-31(73-51(22)13-8-24(21-66-51)20-65-35(56)16-26(54)15-34(55)64-5)17-30-28-7-6-25-14-27(9-11-49(25,3)29(28)10-12-50(30,36)4)68-48-45(72-46-41(61)39(59)37(57)23(2)67-46)43(63)44(33(19-53)70-48)71-47-42(62)40(60)38(58)32(18-52)69-47/h6,22-24,26-33,36-48,52-54,57-63H,7-21H2,1-5H3/t22-,23-,24-,26-,27-,28+,29-,30-,31-,32+,33+,36-,37-,38+,39+,40-,41+,42+,43-,44+,45+,46-,47-,48+,49-,50-,51+/m0/s1. The number of esters is 2. The summed E-state index contributed by atoms with van der Waals surface area (Å²) in [5.74, 6) is -0.122. The second kappa shape index (κ2) is 22.0. The predicted molar refractivity (Wildman–Crippen MR) is 247 cm³/mol. The van der Waals surface area contributed by atoms with Gasteiger partial charge in [-0.3, -0.25) is 9.59 Å². The van der Waals surface area contributed by atoms with Crippen molar-refractivity contribution in [3.63, 3.8) is 0 Å². The van der Waals surface area contributed by atoms with Crippen molar-refractivity contribution >= 4 is 11.9 Å². The molecule has 3 saturated carbocycles. The van der Waals surface area contributed by atoms with E-state index in [0.717, 1.165) is 38.5 Å². The van der Waals surface area contributed by atoms with Crippen LogP contribution in [0.3, 0.4) is 0 Å². The Morgan fingerprint density at radius 1 is 0.740 bits per heavy atom. The van der Waals surface area contributed by atoms with Gasteiger partial charge in [-0.05, 0) is 92.8 Å². The average molecular weight is 1050 g/mol. The molecule has 8 fully saturated rings. The molecule has 5 heterocycles. The Morgan fingerprint density at radius 3 is 2.10 bits per heavy atom. The lowest BCUT2D eigenvalue weighted by atomic mass is 9.47. The van der Waals surface area contributed by atoms with Crippen LogP contribution in [0.2, 0.25) is 0 Å². The van der Waals surface area contributed by atoms with Crippen molar-refractivity contribution < 1.29 is 108 Å². The number of allylic oxidation sites excluding steroid dienone is 1. The highest BCUT2D eigenvalue weighted by Gasteiger charge is 2.69. The fourth-order valence-electron chi connectivity index (χ4n) is 14.9. The third kappa shape index (κ3) is 10.3. The topological polar surface area (TPSA) is 329 Å². The highest BCUT2D eigenvalue weighted by molar-refractivity contribution is 5.73. The van der Waals surface area contributed by atoms with Gasteiger partial charge in [-0.1, -0.05) is 32.4 Å². The summed E-state index contributed by atoms with van der Waals surface area (Å²) in [6.45, 7) is 7.66. The quantitative estimate of drug-likeness (QED) is 0.0741. The molecular formula is C51H80O22. The van der Waals surface area contributed by atoms with Crippen molar-refractivity contribution in [3.8, 4) is 0 Å². The first kappa shape index (κ1) is 55.7. The molecule has 5 aliphatic heterocycles. The molecule has 0 aromatic heterocycles. The van der Waals surface area contributed by atoms with Crippen molar-refractivity contribution in [2.24, 2.45) is 46.3 Å². The predicted octanol–water partition coefficient (Wildman–Crippen LogP) is -0.948. The second-order valence-corrected chi connectivity index (χ2v) is 23.2. The fourth-order valence-corrected chi connectivity index (χ4v) is 14.9. The minimum Gasteiger partial charge on any atom is -0.469 e. The molecule has 22 nitrogen and oxygen atoms in total. The summed E-state index contributed by atoms with van der Waals surface area (Å²) in [4.78, 5) is 23.8. The largest absolute Gasteiger partial charge is 0.469 e. The first-order chi connectivity index (χ1) is 34.7. The third-order valence-corrected chi connectivity index (χ3v) is 19.1. The number of hydrogen-bond donors (Lipinski definition) is 10. The van der Waals surface area contributed by atoms with Crippen molar-refractivity contribution in [2.45, 2.75) is 215 Å². The number of rotatable bonds is 14. The van der Waals surface area contributed by atoms with Gasteiger partial charge < -0.3 is 98.4 Å². The van der Waals surface area contributed by atoms with Crippen molar-refractivity contribution in [2.75, 3.05) is 33.5 Å². The highest BCUT2D eigenvalue weighted by atomic mass is 16.8. The minimum absolute atomic E-state index is 0.0131. The van der Waals surface area contributed by atoms with E-state index in [1.54, 1.807) is 0 Å². The monoisotopic (exact) mass is 1040 g/mol. The van der Waals surface area contributed by atoms with Gasteiger partial charge in [0, 0.05) is 18.3 Å². The van der Waals surface area contributed by atoms with E-state index >= 15 is 0 Å². The van der Waals surface area contributed by atoms with Gasteiger partial charge in [-0.25, -0.2) is 0 Å². The van der Waals surface area contributed by atoms with Crippen LogP contribution >= 0.6 is 0 Å². The Morgan fingerprint density at radius 2 is 1.41 bits per heavy atom. The van der Waals surface area contributed by atoms with E-state index in [-0.39, 0.29) is 48.2 Å². The van der Waals surface area contributed by atoms with Gasteiger partial charge in [0.05, 0.1) is 70.8 Å². The Hall–Kier alpha value is -2.04. The summed E-state index contributed by atoms with van der Waals surface area (Å²) in [5, 5.41) is 106. The van der Waals surface area contributed by atoms with Gasteiger partial charge in [0.1, 0.15) is 67.1 Å². The molecule has 0 unspecified atom stereocenters. The van der Waals surface area contributed by atoms with Crippen molar-refractivity contribution in [1.29, 1.82) is 0 Å². The molecule has 1 spiro atoms. The third-order valence-electron chi connectivity index (χ3n) is 19.1. The normalized spacial score (nSPS) is 51.0. The zero-order chi connectivity index (χ0) is 52.5. The van der Waals surface area contributed by atoms with Crippen LogP contribution in [-0.2, 0) is 57.0 Å². The molecule has 0 radical (unpaired) electrons. The van der Waals surface area contributed by atoms with E-state index in [1.165, 1.54) is 19.6 Å². The zero-order valence-corrected chi connectivity index (χ0v) is 42.4. The molecule has 0 amide bonds. The van der Waals surface area contributed by atoms with E-state index in [4.69, 9.17) is 42.6 Å². The molecule has 10 N–H and O–H groups in total. The number of aliphatic hydroxyl groups is 10. The zero-order valence-electron chi connectivity index (χ0n) is 42.4. The van der Waals surface area contributed by atoms with Gasteiger partial charge in [0.2, 0.25) is 0 Å². The Kier molecular flexibility index (Phi) is 16.8. The molecule has 0 bridgehead atoms. The van der Waals surface area contributed by atoms with Gasteiger partial charge in [0.25, 0.3) is 0 Å². The summed E-state index contributed by atoms with van der Waals surface area (Å²) in [7, 11) is 1.22. The Balaban J connectivity index is 0.846. The van der Waals surface area contributed by atoms with Crippen LogP contribution < -0.4 is 0 Å². The fraction of sp³-hybridized carbons (Fsp3) is 0.922. The smallest absolute Gasteiger partial charge is 0.308 e. The first-order valence-corrected chi connectivity index (χ1v) is 26.5. The molecule has 73 heavy (non-hydrogen) atoms. The maximum absolute atomic E-state index is 12.4. The van der Waals surface area contributed by atoms with E-state index < -0.39 is 135 Å². The Labute approximate surface area is 425 Å². The van der Waals surface area contributed by atoms with E-state index in [0.29, 0.717) is 49.5 Å². The summed E-state index contributed by atoms with van der Waals surface area (Å²) >= 11 is 0. The van der Waals surface area contributed by atoms with Crippen molar-refractivity contribution in [1.82, 2.24) is 0 Å². The van der Waals surface area contributed by atoms with Crippen LogP contribution in [-0.4, -0.2) is 213 Å². The lowest BCUT2D eigenvalue weighted by Crippen LogP contribution is -2.67. The summed E-state index contributed by atoms with van der Waals surface area (Å²) in [6, 6.07) is 0. The van der Waals surface area contributed by atoms with Crippen LogP contribution in [0.25, 0.3) is 0 Å². The lowest BCUT2D eigenvalue weighted by Gasteiger charge is -2.59. The van der Waals surface area contributed by atoms with Gasteiger partial charge in [0.15, 0.2) is 24.7 Å². The number of hydrogen-bond acceptors (Lipinski definition) is 22. The molecule has 22 heteroatoms. The summed E-state index contributed by atoms with van der Waals surface area (Å²) in [5.41, 5.74) is 1.20. The molecular weight excluding hydrogens is 965 g/mol. The molecule has 5 saturated heterocycles. The second-order valence-electron chi connectivity index (χ2n) is 23.2. The molecule has 9 aliphatic rings. The maximum atomic E-state index is 12.4. The molecule has 4 aliphatic carbocycles. The van der Waals surface area contributed by atoms with E-state index in [1.807, 2.05) is 0 Å². The minimum atomic E-state index is -1.84. The number of methoxy groups -OCH3 is 1. The molecule has 0 aromatic rings. The molecule has 0 aromatic carbocycles. The number of fused-ring (bicyclic) bond motifs is 7. The lowest BCUT2D eigenvalue weighted by molar-refractivity contribution is -0.389. The average Bonchev–Trinajstić information content (AvgIpc) is 3.81. The SMILES string of the molecule is COC(=O)C[C@H](O)CC(=O)OC[C@@H]1CC[C@@]2(OC1)O[C@H]1C[C@H]3[C@@H]4CC=C5C[C@@H](O[C@@H]6O[C@H](CO)[C@@H](O[C@@H]7O[C@H](CO)[C@@H](O)[C@H](O)[C@H]7O)[C@H](O)[C@H]6O[C@@H]6O[C@@H](C)[C@H](O)[C@@H](O)[C@H]6O)CC[C@]5(C)[C@H]4CC[C@]3(C)[C@H]1[C@@H]2C. The van der Waals surface area contributed by atoms with Gasteiger partial charge in [-0.2, -0.15) is 0 Å². The molecule has 9 rings (SSSR count). The summed E-state index contributed by atoms with van der Waals surface area (Å²) in [6.07, 6.45) is -15.8. The van der Waals surface area contributed by atoms with Gasteiger partial charge >= 0.3 is 11.9 Å². The number of carbonyl (C=O) groups is 2. The summed E-state index contributed by atoms with van der Waals surface area (Å²) < 4.78 is 60.1. The van der Waals surface area contributed by atoms with Crippen LogP contribution in [0, 0.1) is 46.3 Å². The first-order valence-electron chi connectivity index (χ1n) is 26.5. The van der Waals surface area contributed by atoms with Crippen molar-refractivity contribution in [3.05, 3.63) is 11.6 Å². The van der Waals surface area contributed by atoms with Crippen LogP contribution in [0.4, 0.5) is 0 Å². The Bertz CT molecular complexity index is 1950. The van der Waals surface area contributed by atoms with E-state index in [9.17, 15) is 60.7 Å². The molecule has 416 valence electrons. The van der Waals surface area contributed by atoms with E-state index in [2.05, 4.69) is 31.6 Å². The maximum Gasteiger partial charge on any atom is 0.308 e. The number of aliphatic hydroxyl groups excluding tert-OH is 10. The number of ether oxygens (including phenoxy) is 10. The van der Waals surface area contributed by atoms with Gasteiger partial charge in [-0.15, -0.1) is 0 Å². The molecule has 27 atom stereocenters. The van der Waals surface area contributed by atoms with Crippen LogP contribution in [0.1, 0.15) is 98.3 Å². The highest BCUT2D eigenvalue weighted by Crippen LogP contribution is 2.71. The van der Waals surface area contributed by atoms with Crippen LogP contribution in [0.15, 0.2) is 11.6 Å².